The molecule has 0 aliphatic carbocycles. The molecule has 1 aromatic heterocycles. The summed E-state index contributed by atoms with van der Waals surface area (Å²) >= 11 is 6.65. The number of ketones is 1. The molecule has 248 valence electrons. The molecule has 0 aliphatic heterocycles. The van der Waals surface area contributed by atoms with Gasteiger partial charge in [-0.3, -0.25) is 14.1 Å². The van der Waals surface area contributed by atoms with Gasteiger partial charge in [-0.2, -0.15) is 8.42 Å². The molecule has 8 nitrogen and oxygen atoms in total. The maximum Gasteiger partial charge on any atom is 0.264 e. The largest absolute Gasteiger partial charge is 0.436 e. The van der Waals surface area contributed by atoms with E-state index in [1.54, 1.807) is 42.5 Å². The van der Waals surface area contributed by atoms with Gasteiger partial charge in [-0.25, -0.2) is 4.98 Å². The predicted molar refractivity (Wildman–Crippen MR) is 191 cm³/mol. The monoisotopic (exact) mass is 684 g/mol. The highest BCUT2D eigenvalue weighted by molar-refractivity contribution is 7.85. The molecule has 0 aliphatic rings. The molecule has 0 spiro atoms. The SMILES string of the molecule is CC(C)(C)/C=C/c1ccc(C(Cc2ccc(C(=O)CCCS(=O)(=O)O)cc2)C(=O)Nc2ccc(-c3nc4ccccc4o3)c(Cl)c2)cc1. The minimum Gasteiger partial charge on any atom is -0.436 e. The highest BCUT2D eigenvalue weighted by atomic mass is 35.5. The zero-order valence-electron chi connectivity index (χ0n) is 26.9. The van der Waals surface area contributed by atoms with Crippen molar-refractivity contribution < 1.29 is 27.0 Å². The van der Waals surface area contributed by atoms with Crippen molar-refractivity contribution in [1.29, 1.82) is 0 Å². The first-order chi connectivity index (χ1) is 22.7. The zero-order chi connectivity index (χ0) is 34.5. The fraction of sp³-hybridized carbons (Fsp3) is 0.237. The van der Waals surface area contributed by atoms with Crippen LogP contribution in [-0.4, -0.2) is 35.4 Å². The number of amides is 1. The summed E-state index contributed by atoms with van der Waals surface area (Å²) in [6.07, 6.45) is 4.57. The summed E-state index contributed by atoms with van der Waals surface area (Å²) in [6.45, 7) is 6.38. The van der Waals surface area contributed by atoms with E-state index in [1.807, 2.05) is 48.5 Å². The van der Waals surface area contributed by atoms with Crippen LogP contribution in [0.1, 0.15) is 66.6 Å². The molecule has 0 bridgehead atoms. The van der Waals surface area contributed by atoms with E-state index in [1.165, 1.54) is 0 Å². The fourth-order valence-electron chi connectivity index (χ4n) is 5.15. The molecule has 5 aromatic rings. The maximum atomic E-state index is 13.9. The normalized spacial score (nSPS) is 12.8. The number of halogens is 1. The number of Topliss-reactive ketones (excluding diaryl/α,β-unsaturated/α-hetero) is 1. The number of fused-ring (bicyclic) bond motifs is 1. The highest BCUT2D eigenvalue weighted by Gasteiger charge is 2.23. The molecular weight excluding hydrogens is 648 g/mol. The predicted octanol–water partition coefficient (Wildman–Crippen LogP) is 9.02. The maximum absolute atomic E-state index is 13.9. The Hall–Kier alpha value is -4.57. The van der Waals surface area contributed by atoms with Crippen LogP contribution in [0, 0.1) is 5.41 Å². The average Bonchev–Trinajstić information content (AvgIpc) is 3.46. The summed E-state index contributed by atoms with van der Waals surface area (Å²) in [7, 11) is -4.12. The molecule has 0 saturated heterocycles. The Kier molecular flexibility index (Phi) is 10.6. The minimum atomic E-state index is -4.12. The molecule has 0 radical (unpaired) electrons. The van der Waals surface area contributed by atoms with E-state index >= 15 is 0 Å². The molecule has 48 heavy (non-hydrogen) atoms. The molecule has 1 amide bonds. The van der Waals surface area contributed by atoms with E-state index in [4.69, 9.17) is 20.6 Å². The Balaban J connectivity index is 1.36. The summed E-state index contributed by atoms with van der Waals surface area (Å²) in [5.41, 5.74) is 5.63. The number of anilines is 1. The molecular formula is C38H37ClN2O6S. The Labute approximate surface area is 285 Å². The first-order valence-electron chi connectivity index (χ1n) is 15.6. The molecule has 1 unspecified atom stereocenters. The second-order valence-electron chi connectivity index (χ2n) is 12.8. The first kappa shape index (κ1) is 34.8. The van der Waals surface area contributed by atoms with Crippen molar-refractivity contribution >= 4 is 56.3 Å². The quantitative estimate of drug-likeness (QED) is 0.0992. The van der Waals surface area contributed by atoms with Gasteiger partial charge in [0.25, 0.3) is 10.1 Å². The topological polar surface area (TPSA) is 127 Å². The number of nitrogens with one attached hydrogen (secondary N) is 1. The Morgan fingerprint density at radius 1 is 0.979 bits per heavy atom. The van der Waals surface area contributed by atoms with Crippen LogP contribution in [0.3, 0.4) is 0 Å². The van der Waals surface area contributed by atoms with Gasteiger partial charge in [-0.15, -0.1) is 0 Å². The second kappa shape index (κ2) is 14.7. The third-order valence-corrected chi connectivity index (χ3v) is 8.83. The van der Waals surface area contributed by atoms with Gasteiger partial charge >= 0.3 is 0 Å². The average molecular weight is 685 g/mol. The summed E-state index contributed by atoms with van der Waals surface area (Å²) in [4.78, 5) is 31.0. The molecule has 2 N–H and O–H groups in total. The van der Waals surface area contributed by atoms with E-state index in [0.717, 1.165) is 22.2 Å². The second-order valence-corrected chi connectivity index (χ2v) is 14.8. The van der Waals surface area contributed by atoms with Crippen LogP contribution >= 0.6 is 11.6 Å². The number of nitrogens with zero attached hydrogens (tertiary/aromatic N) is 1. The molecule has 1 atom stereocenters. The number of benzene rings is 4. The Bertz CT molecular complexity index is 2030. The van der Waals surface area contributed by atoms with Gasteiger partial charge in [0, 0.05) is 17.7 Å². The van der Waals surface area contributed by atoms with Gasteiger partial charge in [0.1, 0.15) is 5.52 Å². The van der Waals surface area contributed by atoms with Gasteiger partial charge in [0.05, 0.1) is 22.3 Å². The van der Waals surface area contributed by atoms with Crippen molar-refractivity contribution in [3.8, 4) is 11.5 Å². The van der Waals surface area contributed by atoms with Gasteiger partial charge in [0.2, 0.25) is 11.8 Å². The van der Waals surface area contributed by atoms with Crippen LogP contribution in [0.25, 0.3) is 28.6 Å². The number of carbonyl (C=O) groups excluding carboxylic acids is 2. The smallest absolute Gasteiger partial charge is 0.264 e. The third kappa shape index (κ3) is 9.50. The van der Waals surface area contributed by atoms with E-state index in [2.05, 4.69) is 43.2 Å². The lowest BCUT2D eigenvalue weighted by atomic mass is 9.89. The third-order valence-electron chi connectivity index (χ3n) is 7.71. The molecule has 0 fully saturated rings. The lowest BCUT2D eigenvalue weighted by Crippen LogP contribution is -2.23. The summed E-state index contributed by atoms with van der Waals surface area (Å²) in [6, 6.07) is 27.4. The standard InChI is InChI=1S/C38H37ClN2O6S/c1-38(2,3)21-20-25-10-14-27(15-11-25)31(23-26-12-16-28(17-13-26)34(42)8-6-22-48(44,45)46)36(43)40-29-18-19-30(32(39)24-29)37-41-33-7-4-5-9-35(33)47-37/h4-5,7,9-21,24,31H,6,8,22-23H2,1-3H3,(H,40,43)(H,44,45,46)/b21-20+. The number of hydrogen-bond acceptors (Lipinski definition) is 6. The van der Waals surface area contributed by atoms with Crippen LogP contribution < -0.4 is 5.32 Å². The van der Waals surface area contributed by atoms with Gasteiger partial charge in [0.15, 0.2) is 11.4 Å². The lowest BCUT2D eigenvalue weighted by Gasteiger charge is -2.19. The van der Waals surface area contributed by atoms with Crippen molar-refractivity contribution in [2.75, 3.05) is 11.1 Å². The minimum absolute atomic E-state index is 0.00602. The van der Waals surface area contributed by atoms with Crippen LogP contribution in [0.2, 0.25) is 5.02 Å². The van der Waals surface area contributed by atoms with Crippen LogP contribution in [0.4, 0.5) is 5.69 Å². The van der Waals surface area contributed by atoms with Crippen molar-refractivity contribution in [2.45, 2.75) is 46.0 Å². The number of allylic oxidation sites excluding steroid dienone is 1. The van der Waals surface area contributed by atoms with Crippen LogP contribution in [-0.2, 0) is 21.3 Å². The summed E-state index contributed by atoms with van der Waals surface area (Å²) in [5.74, 6) is -1.11. The van der Waals surface area contributed by atoms with Gasteiger partial charge < -0.3 is 9.73 Å². The van der Waals surface area contributed by atoms with E-state index < -0.39 is 21.8 Å². The number of hydrogen-bond donors (Lipinski definition) is 2. The number of carbonyl (C=O) groups is 2. The fourth-order valence-corrected chi connectivity index (χ4v) is 5.92. The highest BCUT2D eigenvalue weighted by Crippen LogP contribution is 2.33. The number of oxazole rings is 1. The number of aromatic nitrogens is 1. The molecule has 1 heterocycles. The van der Waals surface area contributed by atoms with E-state index in [-0.39, 0.29) is 29.9 Å². The van der Waals surface area contributed by atoms with Gasteiger partial charge in [-0.05, 0) is 65.3 Å². The van der Waals surface area contributed by atoms with E-state index in [0.29, 0.717) is 39.7 Å². The van der Waals surface area contributed by atoms with Gasteiger partial charge in [-0.1, -0.05) is 105 Å². The van der Waals surface area contributed by atoms with Crippen molar-refractivity contribution in [2.24, 2.45) is 5.41 Å². The van der Waals surface area contributed by atoms with Crippen LogP contribution in [0.15, 0.2) is 101 Å². The number of rotatable bonds is 12. The van der Waals surface area contributed by atoms with E-state index in [9.17, 15) is 18.0 Å². The molecule has 5 rings (SSSR count). The van der Waals surface area contributed by atoms with Crippen LogP contribution in [0.5, 0.6) is 0 Å². The molecule has 4 aromatic carbocycles. The van der Waals surface area contributed by atoms with Crippen molar-refractivity contribution in [3.05, 3.63) is 124 Å². The zero-order valence-corrected chi connectivity index (χ0v) is 28.5. The summed E-state index contributed by atoms with van der Waals surface area (Å²) in [5, 5.41) is 3.40. The Morgan fingerprint density at radius 3 is 2.33 bits per heavy atom. The Morgan fingerprint density at radius 2 is 1.69 bits per heavy atom. The number of para-hydroxylation sites is 2. The van der Waals surface area contributed by atoms with Crippen molar-refractivity contribution in [1.82, 2.24) is 4.98 Å². The lowest BCUT2D eigenvalue weighted by molar-refractivity contribution is -0.117. The molecule has 10 heteroatoms. The first-order valence-corrected chi connectivity index (χ1v) is 17.6. The van der Waals surface area contributed by atoms with Crippen molar-refractivity contribution in [3.63, 3.8) is 0 Å². The molecule has 0 saturated carbocycles. The summed E-state index contributed by atoms with van der Waals surface area (Å²) < 4.78 is 36.8.